The fourth-order valence-electron chi connectivity index (χ4n) is 4.25. The molecule has 1 amide bonds. The van der Waals surface area contributed by atoms with Crippen LogP contribution in [0, 0.1) is 0 Å². The molecule has 0 radical (unpaired) electrons. The van der Waals surface area contributed by atoms with E-state index in [9.17, 15) is 9.90 Å². The summed E-state index contributed by atoms with van der Waals surface area (Å²) in [5.74, 6) is -0.0548. The summed E-state index contributed by atoms with van der Waals surface area (Å²) in [7, 11) is 0. The molecule has 2 saturated heterocycles. The molecule has 4 rings (SSSR count). The molecule has 0 saturated carbocycles. The van der Waals surface area contributed by atoms with Crippen LogP contribution in [0.15, 0.2) is 48.5 Å². The second-order valence-electron chi connectivity index (χ2n) is 7.70. The largest absolute Gasteiger partial charge is 0.390 e. The molecule has 7 heteroatoms. The van der Waals surface area contributed by atoms with E-state index in [1.54, 1.807) is 29.2 Å². The normalized spacial score (nSPS) is 23.3. The van der Waals surface area contributed by atoms with Crippen molar-refractivity contribution in [3.63, 3.8) is 0 Å². The second-order valence-corrected chi connectivity index (χ2v) is 8.58. The van der Waals surface area contributed by atoms with Crippen LogP contribution < -0.4 is 4.90 Å². The van der Waals surface area contributed by atoms with E-state index in [1.807, 2.05) is 12.1 Å². The Morgan fingerprint density at radius 2 is 1.52 bits per heavy atom. The number of nitrogens with zero attached hydrogens (tertiary/aromatic N) is 3. The fourth-order valence-corrected chi connectivity index (χ4v) is 4.50. The van der Waals surface area contributed by atoms with Crippen molar-refractivity contribution in [3.05, 3.63) is 64.1 Å². The average molecular weight is 434 g/mol. The van der Waals surface area contributed by atoms with Gasteiger partial charge in [-0.15, -0.1) is 0 Å². The van der Waals surface area contributed by atoms with Crippen LogP contribution >= 0.6 is 23.2 Å². The lowest BCUT2D eigenvalue weighted by molar-refractivity contribution is 0.0761. The number of β-amino-alcohol motifs (C(OH)–C–C–N with tert-alkyl or cyclic N) is 1. The van der Waals surface area contributed by atoms with E-state index in [0.717, 1.165) is 37.6 Å². The molecule has 0 spiro atoms. The van der Waals surface area contributed by atoms with Gasteiger partial charge in [0, 0.05) is 60.6 Å². The molecule has 0 unspecified atom stereocenters. The molecular formula is C22H25Cl2N3O2. The Kier molecular flexibility index (Phi) is 6.30. The van der Waals surface area contributed by atoms with Crippen LogP contribution in [0.1, 0.15) is 16.8 Å². The monoisotopic (exact) mass is 433 g/mol. The highest BCUT2D eigenvalue weighted by Crippen LogP contribution is 2.23. The van der Waals surface area contributed by atoms with Gasteiger partial charge in [0.1, 0.15) is 0 Å². The third-order valence-electron chi connectivity index (χ3n) is 5.83. The number of carbonyl (C=O) groups is 1. The lowest BCUT2D eigenvalue weighted by Crippen LogP contribution is -2.45. The molecule has 5 nitrogen and oxygen atoms in total. The Labute approximate surface area is 181 Å². The summed E-state index contributed by atoms with van der Waals surface area (Å²) in [6, 6.07) is 14.8. The number of anilines is 1. The third kappa shape index (κ3) is 4.69. The van der Waals surface area contributed by atoms with Crippen LogP contribution in [-0.2, 0) is 0 Å². The Bertz CT molecular complexity index is 844. The summed E-state index contributed by atoms with van der Waals surface area (Å²) >= 11 is 11.9. The van der Waals surface area contributed by atoms with Crippen LogP contribution in [-0.4, -0.2) is 72.2 Å². The highest BCUT2D eigenvalue weighted by Gasteiger charge is 2.38. The Morgan fingerprint density at radius 1 is 0.862 bits per heavy atom. The molecule has 2 atom stereocenters. The first-order valence-corrected chi connectivity index (χ1v) is 10.7. The number of hydrogen-bond acceptors (Lipinski definition) is 4. The molecule has 29 heavy (non-hydrogen) atoms. The van der Waals surface area contributed by atoms with E-state index in [1.165, 1.54) is 5.69 Å². The molecule has 0 aliphatic carbocycles. The van der Waals surface area contributed by atoms with Crippen LogP contribution in [0.5, 0.6) is 0 Å². The van der Waals surface area contributed by atoms with Gasteiger partial charge < -0.3 is 14.9 Å². The van der Waals surface area contributed by atoms with E-state index in [-0.39, 0.29) is 11.9 Å². The topological polar surface area (TPSA) is 47.0 Å². The number of amides is 1. The second kappa shape index (κ2) is 8.92. The van der Waals surface area contributed by atoms with Gasteiger partial charge in [-0.25, -0.2) is 0 Å². The average Bonchev–Trinajstić information content (AvgIpc) is 2.95. The Balaban J connectivity index is 1.39. The summed E-state index contributed by atoms with van der Waals surface area (Å²) in [5, 5.41) is 12.0. The SMILES string of the molecule is O=C(c1ccc(Cl)cc1)N1C[C@H](O)[C@@H](N2CCCN(c3ccc(Cl)cc3)CC2)C1. The molecule has 2 fully saturated rings. The number of aliphatic hydroxyl groups excluding tert-OH is 1. The van der Waals surface area contributed by atoms with Crippen molar-refractivity contribution in [3.8, 4) is 0 Å². The minimum atomic E-state index is -0.534. The van der Waals surface area contributed by atoms with Crippen LogP contribution in [0.2, 0.25) is 10.0 Å². The predicted octanol–water partition coefficient (Wildman–Crippen LogP) is 3.39. The van der Waals surface area contributed by atoms with Crippen molar-refractivity contribution in [1.82, 2.24) is 9.80 Å². The number of benzene rings is 2. The lowest BCUT2D eigenvalue weighted by atomic mass is 10.1. The van der Waals surface area contributed by atoms with Gasteiger partial charge in [-0.2, -0.15) is 0 Å². The number of hydrogen-bond donors (Lipinski definition) is 1. The van der Waals surface area contributed by atoms with Crippen LogP contribution in [0.4, 0.5) is 5.69 Å². The van der Waals surface area contributed by atoms with E-state index in [4.69, 9.17) is 23.2 Å². The standard InChI is InChI=1S/C22H25Cl2N3O2/c23-17-4-2-16(3-5-17)22(29)27-14-20(21(28)15-27)26-11-1-10-25(12-13-26)19-8-6-18(24)7-9-19/h2-9,20-21,28H,1,10-15H2/t20-,21-/m0/s1. The number of rotatable bonds is 3. The number of likely N-dealkylation sites (tertiary alicyclic amines) is 1. The summed E-state index contributed by atoms with van der Waals surface area (Å²) < 4.78 is 0. The van der Waals surface area contributed by atoms with Crippen molar-refractivity contribution >= 4 is 34.8 Å². The zero-order valence-electron chi connectivity index (χ0n) is 16.2. The molecule has 2 heterocycles. The highest BCUT2D eigenvalue weighted by atomic mass is 35.5. The first-order valence-electron chi connectivity index (χ1n) is 9.99. The summed E-state index contributed by atoms with van der Waals surface area (Å²) in [6.45, 7) is 4.53. The molecule has 154 valence electrons. The van der Waals surface area contributed by atoms with Gasteiger partial charge in [-0.05, 0) is 55.0 Å². The van der Waals surface area contributed by atoms with Gasteiger partial charge in [0.15, 0.2) is 0 Å². The van der Waals surface area contributed by atoms with Gasteiger partial charge in [0.2, 0.25) is 0 Å². The zero-order chi connectivity index (χ0) is 20.4. The number of halogens is 2. The quantitative estimate of drug-likeness (QED) is 0.805. The minimum absolute atomic E-state index is 0.0311. The van der Waals surface area contributed by atoms with Crippen LogP contribution in [0.25, 0.3) is 0 Å². The summed E-state index contributed by atoms with van der Waals surface area (Å²) in [6.07, 6.45) is 0.477. The van der Waals surface area contributed by atoms with Gasteiger partial charge in [-0.1, -0.05) is 23.2 Å². The molecule has 0 bridgehead atoms. The maximum Gasteiger partial charge on any atom is 0.253 e. The Hall–Kier alpha value is -1.79. The maximum atomic E-state index is 12.8. The van der Waals surface area contributed by atoms with Gasteiger partial charge in [0.05, 0.1) is 12.1 Å². The lowest BCUT2D eigenvalue weighted by Gasteiger charge is -2.29. The molecular weight excluding hydrogens is 409 g/mol. The highest BCUT2D eigenvalue weighted by molar-refractivity contribution is 6.30. The molecule has 2 aromatic carbocycles. The van der Waals surface area contributed by atoms with Gasteiger partial charge >= 0.3 is 0 Å². The van der Waals surface area contributed by atoms with Crippen molar-refractivity contribution in [2.75, 3.05) is 44.2 Å². The van der Waals surface area contributed by atoms with Crippen molar-refractivity contribution in [1.29, 1.82) is 0 Å². The van der Waals surface area contributed by atoms with Crippen molar-refractivity contribution < 1.29 is 9.90 Å². The minimum Gasteiger partial charge on any atom is -0.390 e. The summed E-state index contributed by atoms with van der Waals surface area (Å²) in [4.78, 5) is 19.2. The maximum absolute atomic E-state index is 12.8. The third-order valence-corrected chi connectivity index (χ3v) is 6.33. The molecule has 1 N–H and O–H groups in total. The molecule has 0 aromatic heterocycles. The van der Waals surface area contributed by atoms with Gasteiger partial charge in [0.25, 0.3) is 5.91 Å². The molecule has 2 aliphatic heterocycles. The van der Waals surface area contributed by atoms with E-state index in [2.05, 4.69) is 21.9 Å². The van der Waals surface area contributed by atoms with Crippen LogP contribution in [0.3, 0.4) is 0 Å². The van der Waals surface area contributed by atoms with E-state index >= 15 is 0 Å². The fraction of sp³-hybridized carbons (Fsp3) is 0.409. The molecule has 2 aliphatic rings. The predicted molar refractivity (Wildman–Crippen MR) is 117 cm³/mol. The number of aliphatic hydroxyl groups is 1. The first-order chi connectivity index (χ1) is 14.0. The van der Waals surface area contributed by atoms with E-state index < -0.39 is 6.10 Å². The zero-order valence-corrected chi connectivity index (χ0v) is 17.7. The van der Waals surface area contributed by atoms with Crippen molar-refractivity contribution in [2.45, 2.75) is 18.6 Å². The van der Waals surface area contributed by atoms with Gasteiger partial charge in [-0.3, -0.25) is 9.69 Å². The Morgan fingerprint density at radius 3 is 2.21 bits per heavy atom. The van der Waals surface area contributed by atoms with E-state index in [0.29, 0.717) is 23.7 Å². The van der Waals surface area contributed by atoms with Crippen molar-refractivity contribution in [2.24, 2.45) is 0 Å². The first kappa shape index (κ1) is 20.5. The summed E-state index contributed by atoms with van der Waals surface area (Å²) in [5.41, 5.74) is 1.77. The smallest absolute Gasteiger partial charge is 0.253 e. The number of carbonyl (C=O) groups excluding carboxylic acids is 1. The molecule has 2 aromatic rings.